The summed E-state index contributed by atoms with van der Waals surface area (Å²) in [6, 6.07) is 0. The lowest BCUT2D eigenvalue weighted by Gasteiger charge is -2.49. The Labute approximate surface area is 137 Å². The molecule has 8 heteroatoms. The van der Waals surface area contributed by atoms with Crippen LogP contribution in [0.4, 0.5) is 17.6 Å². The van der Waals surface area contributed by atoms with Gasteiger partial charge in [0, 0.05) is 6.08 Å². The van der Waals surface area contributed by atoms with E-state index in [2.05, 4.69) is 6.58 Å². The highest BCUT2D eigenvalue weighted by molar-refractivity contribution is 5.78. The summed E-state index contributed by atoms with van der Waals surface area (Å²) in [6.45, 7) is 5.11. The number of hydroxylamine groups is 2. The van der Waals surface area contributed by atoms with E-state index in [1.807, 2.05) is 0 Å². The van der Waals surface area contributed by atoms with Crippen molar-refractivity contribution in [3.63, 3.8) is 0 Å². The normalized spacial score (nSPS) is 34.0. The number of carbonyl (C=O) groups excluding carboxylic acids is 1. The maximum absolute atomic E-state index is 14.0. The van der Waals surface area contributed by atoms with Crippen LogP contribution in [0.5, 0.6) is 0 Å². The summed E-state index contributed by atoms with van der Waals surface area (Å²) in [5.41, 5.74) is -2.88. The van der Waals surface area contributed by atoms with Gasteiger partial charge in [0.1, 0.15) is 11.0 Å². The largest absolute Gasteiger partial charge is 0.469 e. The number of hydrogen-bond donors (Lipinski definition) is 0. The lowest BCUT2D eigenvalue weighted by Crippen LogP contribution is -2.57. The van der Waals surface area contributed by atoms with Gasteiger partial charge in [-0.25, -0.2) is 13.2 Å². The number of allylic oxidation sites excluding steroid dienone is 2. The molecule has 3 unspecified atom stereocenters. The first-order valence-electron chi connectivity index (χ1n) is 7.49. The van der Waals surface area contributed by atoms with Crippen molar-refractivity contribution >= 4 is 5.97 Å². The molecule has 2 rings (SSSR count). The number of halogens is 4. The van der Waals surface area contributed by atoms with Gasteiger partial charge in [-0.1, -0.05) is 18.9 Å². The first kappa shape index (κ1) is 18.5. The second-order valence-electron chi connectivity index (χ2n) is 6.05. The number of rotatable bonds is 4. The summed E-state index contributed by atoms with van der Waals surface area (Å²) >= 11 is 0. The Morgan fingerprint density at radius 1 is 1.38 bits per heavy atom. The van der Waals surface area contributed by atoms with E-state index in [4.69, 9.17) is 9.57 Å². The Kier molecular flexibility index (Phi) is 5.08. The van der Waals surface area contributed by atoms with Crippen LogP contribution in [-0.4, -0.2) is 30.0 Å². The summed E-state index contributed by atoms with van der Waals surface area (Å²) < 4.78 is 59.7. The van der Waals surface area contributed by atoms with Crippen LogP contribution in [0, 0.1) is 5.41 Å². The Morgan fingerprint density at radius 3 is 2.58 bits per heavy atom. The molecule has 0 amide bonds. The van der Waals surface area contributed by atoms with Gasteiger partial charge in [0.05, 0.1) is 7.11 Å². The second kappa shape index (κ2) is 6.58. The highest BCUT2D eigenvalue weighted by atomic mass is 19.2. The molecule has 0 aromatic heterocycles. The molecule has 134 valence electrons. The quantitative estimate of drug-likeness (QED) is 0.330. The van der Waals surface area contributed by atoms with Gasteiger partial charge in [-0.2, -0.15) is 9.45 Å². The average Bonchev–Trinajstić information content (AvgIpc) is 2.57. The van der Waals surface area contributed by atoms with Crippen LogP contribution in [0.2, 0.25) is 0 Å². The van der Waals surface area contributed by atoms with Gasteiger partial charge in [-0.3, -0.25) is 9.63 Å². The maximum Gasteiger partial charge on any atom is 0.314 e. The minimum Gasteiger partial charge on any atom is -0.469 e. The van der Waals surface area contributed by atoms with Crippen molar-refractivity contribution in [3.8, 4) is 0 Å². The van der Waals surface area contributed by atoms with Crippen LogP contribution >= 0.6 is 0 Å². The van der Waals surface area contributed by atoms with E-state index in [0.717, 1.165) is 0 Å². The van der Waals surface area contributed by atoms with Gasteiger partial charge < -0.3 is 4.74 Å². The zero-order chi connectivity index (χ0) is 18.1. The Hall–Kier alpha value is -1.83. The van der Waals surface area contributed by atoms with Gasteiger partial charge in [0.25, 0.3) is 5.95 Å². The van der Waals surface area contributed by atoms with E-state index in [0.29, 0.717) is 19.3 Å². The Bertz CT molecular complexity index is 606. The number of alkyl halides is 1. The predicted molar refractivity (Wildman–Crippen MR) is 77.8 cm³/mol. The molecule has 1 fully saturated rings. The summed E-state index contributed by atoms with van der Waals surface area (Å²) in [6.07, 6.45) is 0.414. The van der Waals surface area contributed by atoms with Crippen molar-refractivity contribution in [1.29, 1.82) is 0 Å². The monoisotopic (exact) mass is 349 g/mol. The fourth-order valence-corrected chi connectivity index (χ4v) is 3.19. The first-order chi connectivity index (χ1) is 11.2. The van der Waals surface area contributed by atoms with E-state index < -0.39 is 40.9 Å². The number of nitrogens with zero attached hydrogens (tertiary/aromatic N) is 1. The van der Waals surface area contributed by atoms with Crippen LogP contribution < -0.4 is 0 Å². The van der Waals surface area contributed by atoms with Crippen molar-refractivity contribution in [2.75, 3.05) is 7.11 Å². The van der Waals surface area contributed by atoms with E-state index in [9.17, 15) is 22.4 Å². The smallest absolute Gasteiger partial charge is 0.314 e. The topological polar surface area (TPSA) is 38.8 Å². The molecule has 0 spiro atoms. The molecule has 0 bridgehead atoms. The summed E-state index contributed by atoms with van der Waals surface area (Å²) in [5, 5.41) is -0.126. The molecule has 4 nitrogen and oxygen atoms in total. The molecular weight excluding hydrogens is 330 g/mol. The van der Waals surface area contributed by atoms with E-state index in [1.165, 1.54) is 20.1 Å². The van der Waals surface area contributed by atoms with Gasteiger partial charge in [-0.15, -0.1) is 6.58 Å². The first-order valence-corrected chi connectivity index (χ1v) is 7.49. The molecule has 0 aromatic carbocycles. The third-order valence-electron chi connectivity index (χ3n) is 4.72. The predicted octanol–water partition coefficient (Wildman–Crippen LogP) is 4.17. The maximum atomic E-state index is 14.0. The number of carbonyl (C=O) groups is 1. The van der Waals surface area contributed by atoms with Crippen molar-refractivity contribution in [1.82, 2.24) is 5.06 Å². The minimum absolute atomic E-state index is 0.112. The van der Waals surface area contributed by atoms with Gasteiger partial charge in [0.2, 0.25) is 6.30 Å². The molecule has 3 atom stereocenters. The van der Waals surface area contributed by atoms with Crippen LogP contribution in [-0.2, 0) is 14.4 Å². The minimum atomic E-state index is -2.66. The molecular formula is C16H19F4NO3. The lowest BCUT2D eigenvalue weighted by atomic mass is 9.64. The SMILES string of the molecule is C=CC1(ON2C(F)=C(F)C=C(F)C2F)CCCCC1(C)C(=O)OC. The molecule has 0 aromatic rings. The molecule has 1 aliphatic heterocycles. The standard InChI is InChI=1S/C16H19F4NO3/c1-4-16(8-6-5-7-15(16,2)14(22)23-3)24-21-12(19)10(17)9-11(18)13(21)20/h4,9,12H,1,5-8H2,2-3H3. The van der Waals surface area contributed by atoms with Crippen molar-refractivity contribution in [2.24, 2.45) is 5.41 Å². The third-order valence-corrected chi connectivity index (χ3v) is 4.72. The van der Waals surface area contributed by atoms with E-state index in [-0.39, 0.29) is 17.6 Å². The molecule has 24 heavy (non-hydrogen) atoms. The fourth-order valence-electron chi connectivity index (χ4n) is 3.19. The molecule has 0 N–H and O–H groups in total. The Balaban J connectivity index is 2.44. The number of esters is 1. The van der Waals surface area contributed by atoms with Crippen LogP contribution in [0.25, 0.3) is 0 Å². The molecule has 1 saturated carbocycles. The van der Waals surface area contributed by atoms with Crippen molar-refractivity contribution in [2.45, 2.75) is 44.5 Å². The molecule has 1 aliphatic carbocycles. The van der Waals surface area contributed by atoms with Crippen LogP contribution in [0.15, 0.2) is 36.3 Å². The number of hydrogen-bond acceptors (Lipinski definition) is 4. The van der Waals surface area contributed by atoms with E-state index in [1.54, 1.807) is 0 Å². The van der Waals surface area contributed by atoms with Crippen molar-refractivity contribution < 1.29 is 31.9 Å². The van der Waals surface area contributed by atoms with Crippen molar-refractivity contribution in [3.05, 3.63) is 36.3 Å². The zero-order valence-electron chi connectivity index (χ0n) is 13.5. The average molecular weight is 349 g/mol. The van der Waals surface area contributed by atoms with Crippen LogP contribution in [0.1, 0.15) is 32.6 Å². The molecule has 1 heterocycles. The summed E-state index contributed by atoms with van der Waals surface area (Å²) in [5.74, 6) is -5.50. The van der Waals surface area contributed by atoms with Gasteiger partial charge in [0.15, 0.2) is 11.7 Å². The van der Waals surface area contributed by atoms with Gasteiger partial charge in [-0.05, 0) is 19.8 Å². The van der Waals surface area contributed by atoms with Crippen LogP contribution in [0.3, 0.4) is 0 Å². The molecule has 0 radical (unpaired) electrons. The summed E-state index contributed by atoms with van der Waals surface area (Å²) in [7, 11) is 1.18. The zero-order valence-corrected chi connectivity index (χ0v) is 13.5. The third kappa shape index (κ3) is 2.72. The molecule has 2 aliphatic rings. The fraction of sp³-hybridized carbons (Fsp3) is 0.562. The van der Waals surface area contributed by atoms with Gasteiger partial charge >= 0.3 is 5.97 Å². The lowest BCUT2D eigenvalue weighted by molar-refractivity contribution is -0.295. The Morgan fingerprint density at radius 2 is 2.00 bits per heavy atom. The number of ether oxygens (including phenoxy) is 1. The number of methoxy groups -OCH3 is 1. The summed E-state index contributed by atoms with van der Waals surface area (Å²) in [4.78, 5) is 17.6. The highest BCUT2D eigenvalue weighted by Gasteiger charge is 2.57. The van der Waals surface area contributed by atoms with E-state index >= 15 is 0 Å². The second-order valence-corrected chi connectivity index (χ2v) is 6.05. The highest BCUT2D eigenvalue weighted by Crippen LogP contribution is 2.50. The molecule has 0 saturated heterocycles.